The molecule has 3 fully saturated rings. The Morgan fingerprint density at radius 2 is 1.47 bits per heavy atom. The van der Waals surface area contributed by atoms with Gasteiger partial charge in [0.15, 0.2) is 6.29 Å². The predicted molar refractivity (Wildman–Crippen MR) is 203 cm³/mol. The second-order valence-corrected chi connectivity index (χ2v) is 15.8. The van der Waals surface area contributed by atoms with E-state index >= 15 is 0 Å². The SMILES string of the molecule is CN(C(=O)[C@H]1C[C@@H](n2cc(-c3cccc(F)c3)nn2)C2OC(c3ccccc3)OC[C@H]2O1)C1CN(C(=O)OC(C)(C)C)C[C@H](n2cc(-c3cccc(F)c3)nn2)[C@H]1O. The molecule has 3 aliphatic rings. The number of piperidine rings is 1. The number of halogens is 2. The minimum Gasteiger partial charge on any atom is -0.444 e. The lowest BCUT2D eigenvalue weighted by Gasteiger charge is -2.48. The molecule has 304 valence electrons. The molecule has 3 aliphatic heterocycles. The average molecular weight is 799 g/mol. The smallest absolute Gasteiger partial charge is 0.410 e. The average Bonchev–Trinajstić information content (AvgIpc) is 3.91. The van der Waals surface area contributed by atoms with Crippen LogP contribution in [0.4, 0.5) is 13.6 Å². The third-order valence-electron chi connectivity index (χ3n) is 10.6. The van der Waals surface area contributed by atoms with Crippen LogP contribution in [-0.2, 0) is 23.7 Å². The van der Waals surface area contributed by atoms with Crippen molar-refractivity contribution in [3.05, 3.63) is 108 Å². The summed E-state index contributed by atoms with van der Waals surface area (Å²) < 4.78 is 56.1. The monoisotopic (exact) mass is 798 g/mol. The van der Waals surface area contributed by atoms with Gasteiger partial charge in [-0.2, -0.15) is 0 Å². The van der Waals surface area contributed by atoms with Crippen molar-refractivity contribution < 1.29 is 42.4 Å². The first-order valence-corrected chi connectivity index (χ1v) is 19.1. The van der Waals surface area contributed by atoms with Crippen LogP contribution >= 0.6 is 0 Å². The summed E-state index contributed by atoms with van der Waals surface area (Å²) in [5, 5.41) is 29.2. The zero-order valence-electron chi connectivity index (χ0n) is 32.3. The van der Waals surface area contributed by atoms with Crippen LogP contribution in [0, 0.1) is 11.6 Å². The molecule has 0 aliphatic carbocycles. The van der Waals surface area contributed by atoms with Gasteiger partial charge >= 0.3 is 6.09 Å². The van der Waals surface area contributed by atoms with Gasteiger partial charge in [0.05, 0.1) is 37.1 Å². The summed E-state index contributed by atoms with van der Waals surface area (Å²) in [4.78, 5) is 31.0. The second-order valence-electron chi connectivity index (χ2n) is 15.8. The van der Waals surface area contributed by atoms with Crippen LogP contribution in [0.2, 0.25) is 0 Å². The third kappa shape index (κ3) is 8.20. The van der Waals surface area contributed by atoms with Gasteiger partial charge in [0, 0.05) is 43.2 Å². The number of carbonyl (C=O) groups excluding carboxylic acids is 2. The summed E-state index contributed by atoms with van der Waals surface area (Å²) in [5.74, 6) is -1.33. The van der Waals surface area contributed by atoms with E-state index in [-0.39, 0.29) is 26.1 Å². The molecule has 2 aromatic heterocycles. The first kappa shape index (κ1) is 39.2. The summed E-state index contributed by atoms with van der Waals surface area (Å²) in [7, 11) is 1.55. The number of carbonyl (C=O) groups is 2. The van der Waals surface area contributed by atoms with Crippen LogP contribution in [-0.4, -0.2) is 120 Å². The van der Waals surface area contributed by atoms with E-state index in [9.17, 15) is 23.5 Å². The van der Waals surface area contributed by atoms with Crippen LogP contribution in [0.5, 0.6) is 0 Å². The number of ether oxygens (including phenoxy) is 4. The maximum atomic E-state index is 14.6. The summed E-state index contributed by atoms with van der Waals surface area (Å²) in [6, 6.07) is 19.0. The highest BCUT2D eigenvalue weighted by molar-refractivity contribution is 5.81. The number of likely N-dealkylation sites (N-methyl/N-ethyl adjacent to an activating group) is 1. The van der Waals surface area contributed by atoms with Gasteiger partial charge in [-0.3, -0.25) is 4.79 Å². The van der Waals surface area contributed by atoms with Crippen LogP contribution < -0.4 is 0 Å². The quantitative estimate of drug-likeness (QED) is 0.237. The van der Waals surface area contributed by atoms with Crippen molar-refractivity contribution in [2.24, 2.45) is 0 Å². The van der Waals surface area contributed by atoms with Crippen LogP contribution in [0.25, 0.3) is 22.5 Å². The molecule has 3 unspecified atom stereocenters. The van der Waals surface area contributed by atoms with Crippen molar-refractivity contribution in [2.75, 3.05) is 26.7 Å². The Bertz CT molecular complexity index is 2250. The van der Waals surface area contributed by atoms with Crippen LogP contribution in [0.15, 0.2) is 91.3 Å². The normalized spacial score (nSPS) is 26.2. The lowest BCUT2D eigenvalue weighted by molar-refractivity contribution is -0.298. The van der Waals surface area contributed by atoms with E-state index in [1.807, 2.05) is 30.3 Å². The summed E-state index contributed by atoms with van der Waals surface area (Å²) >= 11 is 0. The van der Waals surface area contributed by atoms with Gasteiger partial charge in [-0.25, -0.2) is 22.9 Å². The first-order chi connectivity index (χ1) is 27.8. The molecule has 15 nitrogen and oxygen atoms in total. The molecule has 0 radical (unpaired) electrons. The molecule has 8 rings (SSSR count). The third-order valence-corrected chi connectivity index (χ3v) is 10.6. The maximum Gasteiger partial charge on any atom is 0.410 e. The van der Waals surface area contributed by atoms with Gasteiger partial charge in [0.1, 0.15) is 53.0 Å². The number of fused-ring (bicyclic) bond motifs is 1. The van der Waals surface area contributed by atoms with Crippen LogP contribution in [0.3, 0.4) is 0 Å². The Balaban J connectivity index is 1.08. The lowest BCUT2D eigenvalue weighted by atomic mass is 9.92. The van der Waals surface area contributed by atoms with Gasteiger partial charge in [0.25, 0.3) is 5.91 Å². The van der Waals surface area contributed by atoms with Crippen molar-refractivity contribution in [2.45, 2.75) is 81.6 Å². The maximum absolute atomic E-state index is 14.6. The number of aliphatic hydroxyl groups excluding tert-OH is 1. The highest BCUT2D eigenvalue weighted by atomic mass is 19.1. The van der Waals surface area contributed by atoms with Gasteiger partial charge < -0.3 is 33.9 Å². The standard InChI is InChI=1S/C41H44F2N8O7/c1-41(2,3)58-40(54)49-21-32(36(52)33(22-49)51-20-30(45-47-51)26-13-9-15-28(43)17-26)48(4)38(53)34-18-31(50-19-29(44-46-50)25-12-8-14-27(42)16-25)37-35(56-34)23-55-39(57-37)24-10-6-5-7-11-24/h5-17,19-20,31-37,39,52H,18,21-23H2,1-4H3/t31-,32?,33+,34-,35-,36+,37?,39?/m1/s1. The largest absolute Gasteiger partial charge is 0.444 e. The molecular weight excluding hydrogens is 754 g/mol. The number of nitrogens with zero attached hydrogens (tertiary/aromatic N) is 8. The van der Waals surface area contributed by atoms with Crippen molar-refractivity contribution in [1.82, 2.24) is 39.8 Å². The van der Waals surface area contributed by atoms with E-state index in [4.69, 9.17) is 18.9 Å². The number of hydrogen-bond donors (Lipinski definition) is 1. The molecule has 17 heteroatoms. The minimum absolute atomic E-state index is 0.0104. The number of benzene rings is 3. The molecule has 5 aromatic rings. The molecule has 0 spiro atoms. The fraction of sp³-hybridized carbons (Fsp3) is 0.415. The Morgan fingerprint density at radius 3 is 2.07 bits per heavy atom. The van der Waals surface area contributed by atoms with Gasteiger partial charge in [-0.1, -0.05) is 65.0 Å². The second kappa shape index (κ2) is 16.0. The van der Waals surface area contributed by atoms with E-state index < -0.39 is 78.1 Å². The Labute approximate surface area is 333 Å². The van der Waals surface area contributed by atoms with E-state index in [2.05, 4.69) is 20.6 Å². The van der Waals surface area contributed by atoms with Crippen molar-refractivity contribution in [3.8, 4) is 22.5 Å². The predicted octanol–water partition coefficient (Wildman–Crippen LogP) is 4.97. The lowest BCUT2D eigenvalue weighted by Crippen LogP contribution is -2.63. The molecule has 5 heterocycles. The topological polar surface area (TPSA) is 159 Å². The summed E-state index contributed by atoms with van der Waals surface area (Å²) in [6.07, 6.45) is -1.62. The molecular formula is C41H44F2N8O7. The summed E-state index contributed by atoms with van der Waals surface area (Å²) in [6.45, 7) is 5.27. The number of amides is 2. The summed E-state index contributed by atoms with van der Waals surface area (Å²) in [5.41, 5.74) is 1.79. The molecule has 3 aromatic carbocycles. The molecule has 0 bridgehead atoms. The zero-order chi connectivity index (χ0) is 40.7. The van der Waals surface area contributed by atoms with E-state index in [1.165, 1.54) is 38.7 Å². The highest BCUT2D eigenvalue weighted by Gasteiger charge is 2.50. The molecule has 0 saturated carbocycles. The van der Waals surface area contributed by atoms with E-state index in [0.29, 0.717) is 22.5 Å². The van der Waals surface area contributed by atoms with Gasteiger partial charge in [-0.15, -0.1) is 10.2 Å². The van der Waals surface area contributed by atoms with Crippen molar-refractivity contribution in [3.63, 3.8) is 0 Å². The first-order valence-electron chi connectivity index (χ1n) is 19.1. The molecule has 1 N–H and O–H groups in total. The number of aliphatic hydroxyl groups is 1. The fourth-order valence-electron chi connectivity index (χ4n) is 7.72. The number of aromatic nitrogens is 6. The van der Waals surface area contributed by atoms with Crippen molar-refractivity contribution in [1.29, 1.82) is 0 Å². The zero-order valence-corrected chi connectivity index (χ0v) is 32.3. The molecule has 8 atom stereocenters. The Hall–Kier alpha value is -5.62. The fourth-order valence-corrected chi connectivity index (χ4v) is 7.72. The van der Waals surface area contributed by atoms with E-state index in [0.717, 1.165) is 5.56 Å². The molecule has 3 saturated heterocycles. The molecule has 2 amide bonds. The molecule has 58 heavy (non-hydrogen) atoms. The van der Waals surface area contributed by atoms with Crippen LogP contribution in [0.1, 0.15) is 51.1 Å². The highest BCUT2D eigenvalue weighted by Crippen LogP contribution is 2.40. The number of rotatable bonds is 7. The Kier molecular flexibility index (Phi) is 10.8. The number of likely N-dealkylation sites (tertiary alicyclic amines) is 1. The van der Waals surface area contributed by atoms with Gasteiger partial charge in [0.2, 0.25) is 0 Å². The van der Waals surface area contributed by atoms with E-state index in [1.54, 1.807) is 69.2 Å². The van der Waals surface area contributed by atoms with Crippen molar-refractivity contribution >= 4 is 12.0 Å². The Morgan fingerprint density at radius 1 is 0.845 bits per heavy atom. The minimum atomic E-state index is -1.24. The number of hydrogen-bond acceptors (Lipinski definition) is 11. The van der Waals surface area contributed by atoms with Gasteiger partial charge in [-0.05, 0) is 45.0 Å².